The summed E-state index contributed by atoms with van der Waals surface area (Å²) in [6.45, 7) is 2.56. The van der Waals surface area contributed by atoms with Crippen LogP contribution in [0, 0.1) is 0 Å². The third-order valence-electron chi connectivity index (χ3n) is 4.94. The predicted molar refractivity (Wildman–Crippen MR) is 118 cm³/mol. The van der Waals surface area contributed by atoms with Crippen LogP contribution in [-0.4, -0.2) is 43.4 Å². The molecule has 3 amide bonds. The first kappa shape index (κ1) is 21.6. The summed E-state index contributed by atoms with van der Waals surface area (Å²) in [4.78, 5) is 24.2. The van der Waals surface area contributed by atoms with Crippen LogP contribution in [0.5, 0.6) is 5.75 Å². The molecule has 1 aliphatic rings. The molecule has 7 nitrogen and oxygen atoms in total. The number of aryl methyl sites for hydroxylation is 1. The van der Waals surface area contributed by atoms with E-state index in [9.17, 15) is 9.59 Å². The van der Waals surface area contributed by atoms with Gasteiger partial charge in [-0.3, -0.25) is 4.79 Å². The number of urea groups is 1. The highest BCUT2D eigenvalue weighted by Gasteiger charge is 2.23. The van der Waals surface area contributed by atoms with Crippen LogP contribution in [0.3, 0.4) is 0 Å². The number of halogens is 1. The molecule has 0 bridgehead atoms. The Balaban J connectivity index is 1.71. The molecule has 8 heteroatoms. The van der Waals surface area contributed by atoms with Gasteiger partial charge in [0.05, 0.1) is 30.8 Å². The zero-order valence-electron chi connectivity index (χ0n) is 17.3. The number of nitrogens with zero attached hydrogens (tertiary/aromatic N) is 2. The summed E-state index contributed by atoms with van der Waals surface area (Å²) in [6.07, 6.45) is 1.65. The average Bonchev–Trinajstić information content (AvgIpc) is 3.26. The van der Waals surface area contributed by atoms with Gasteiger partial charge in [-0.05, 0) is 41.3 Å². The molecule has 0 saturated heterocycles. The number of carbonyl (C=O) groups excluding carboxylic acids is 2. The smallest absolute Gasteiger partial charge is 0.318 e. The van der Waals surface area contributed by atoms with E-state index in [1.165, 1.54) is 5.01 Å². The van der Waals surface area contributed by atoms with E-state index in [2.05, 4.69) is 15.7 Å². The average molecular weight is 429 g/mol. The Morgan fingerprint density at radius 3 is 2.60 bits per heavy atom. The monoisotopic (exact) mass is 428 g/mol. The van der Waals surface area contributed by atoms with Crippen LogP contribution in [0.2, 0.25) is 5.02 Å². The first-order valence-corrected chi connectivity index (χ1v) is 10.1. The number of nitrogens with one attached hydrogen (secondary N) is 2. The summed E-state index contributed by atoms with van der Waals surface area (Å²) < 4.78 is 5.34. The van der Waals surface area contributed by atoms with Crippen molar-refractivity contribution in [2.24, 2.45) is 5.10 Å². The van der Waals surface area contributed by atoms with E-state index >= 15 is 0 Å². The molecule has 0 saturated carbocycles. The summed E-state index contributed by atoms with van der Waals surface area (Å²) in [5, 5.41) is 11.7. The van der Waals surface area contributed by atoms with E-state index < -0.39 is 0 Å². The summed E-state index contributed by atoms with van der Waals surface area (Å²) in [5.41, 5.74) is 4.24. The van der Waals surface area contributed by atoms with Crippen LogP contribution in [0.1, 0.15) is 30.0 Å². The van der Waals surface area contributed by atoms with Crippen molar-refractivity contribution in [2.45, 2.75) is 26.2 Å². The minimum Gasteiger partial charge on any atom is -0.495 e. The number of rotatable bonds is 6. The topological polar surface area (TPSA) is 83.0 Å². The largest absolute Gasteiger partial charge is 0.495 e. The molecule has 0 spiro atoms. The third kappa shape index (κ3) is 4.91. The zero-order chi connectivity index (χ0) is 21.7. The summed E-state index contributed by atoms with van der Waals surface area (Å²) in [6, 6.07) is 10.9. The quantitative estimate of drug-likeness (QED) is 0.733. The van der Waals surface area contributed by atoms with Gasteiger partial charge in [-0.2, -0.15) is 5.10 Å². The minimum absolute atomic E-state index is 0.111. The normalized spacial score (nSPS) is 13.1. The second-order valence-corrected chi connectivity index (χ2v) is 7.27. The number of hydrogen-bond acceptors (Lipinski definition) is 4. The lowest BCUT2D eigenvalue weighted by Gasteiger charge is -2.14. The minimum atomic E-state index is -0.278. The Labute approximate surface area is 181 Å². The molecule has 30 heavy (non-hydrogen) atoms. The Morgan fingerprint density at radius 1 is 1.23 bits per heavy atom. The van der Waals surface area contributed by atoms with E-state index in [1.807, 2.05) is 31.2 Å². The van der Waals surface area contributed by atoms with Gasteiger partial charge in [-0.25, -0.2) is 9.80 Å². The number of hydrogen-bond donors (Lipinski definition) is 2. The molecule has 0 aliphatic carbocycles. The molecule has 0 radical (unpaired) electrons. The fourth-order valence-corrected chi connectivity index (χ4v) is 3.49. The van der Waals surface area contributed by atoms with Crippen molar-refractivity contribution in [2.75, 3.05) is 26.0 Å². The van der Waals surface area contributed by atoms with Crippen LogP contribution in [0.25, 0.3) is 0 Å². The second kappa shape index (κ2) is 9.63. The molecular weight excluding hydrogens is 404 g/mol. The van der Waals surface area contributed by atoms with Crippen LogP contribution in [0.15, 0.2) is 41.5 Å². The summed E-state index contributed by atoms with van der Waals surface area (Å²) in [5.74, 6) is 0.468. The van der Waals surface area contributed by atoms with E-state index in [1.54, 1.807) is 26.3 Å². The second-order valence-electron chi connectivity index (χ2n) is 6.90. The molecule has 2 aromatic rings. The van der Waals surface area contributed by atoms with Gasteiger partial charge in [-0.1, -0.05) is 36.7 Å². The molecule has 2 aromatic carbocycles. The Bertz CT molecular complexity index is 973. The molecule has 3 rings (SSSR count). The third-order valence-corrected chi connectivity index (χ3v) is 5.37. The van der Waals surface area contributed by atoms with Gasteiger partial charge in [-0.15, -0.1) is 0 Å². The summed E-state index contributed by atoms with van der Waals surface area (Å²) >= 11 is 6.41. The fourth-order valence-electron chi connectivity index (χ4n) is 3.23. The number of methoxy groups -OCH3 is 1. The van der Waals surface area contributed by atoms with Gasteiger partial charge < -0.3 is 15.4 Å². The van der Waals surface area contributed by atoms with Gasteiger partial charge in [0.1, 0.15) is 5.75 Å². The predicted octanol–water partition coefficient (Wildman–Crippen LogP) is 3.84. The lowest BCUT2D eigenvalue weighted by molar-refractivity contribution is -0.130. The Morgan fingerprint density at radius 2 is 1.97 bits per heavy atom. The highest BCUT2D eigenvalue weighted by atomic mass is 35.5. The van der Waals surface area contributed by atoms with Crippen molar-refractivity contribution in [3.8, 4) is 5.75 Å². The van der Waals surface area contributed by atoms with Crippen molar-refractivity contribution < 1.29 is 14.3 Å². The SMILES string of the molecule is CCc1cc(CC(=O)N2CCC(c3ccc(NC(=O)NC)cc3)=N2)c(Cl)c(OC)c1. The molecule has 0 atom stereocenters. The molecule has 0 unspecified atom stereocenters. The van der Waals surface area contributed by atoms with Gasteiger partial charge in [0.15, 0.2) is 0 Å². The van der Waals surface area contributed by atoms with Crippen molar-refractivity contribution in [1.82, 2.24) is 10.3 Å². The van der Waals surface area contributed by atoms with Crippen molar-refractivity contribution in [3.63, 3.8) is 0 Å². The van der Waals surface area contributed by atoms with Crippen molar-refractivity contribution in [3.05, 3.63) is 58.1 Å². The number of ether oxygens (including phenoxy) is 1. The van der Waals surface area contributed by atoms with Crippen LogP contribution >= 0.6 is 11.6 Å². The first-order valence-electron chi connectivity index (χ1n) is 9.77. The number of amides is 3. The Hall–Kier alpha value is -3.06. The highest BCUT2D eigenvalue weighted by Crippen LogP contribution is 2.31. The summed E-state index contributed by atoms with van der Waals surface area (Å²) in [7, 11) is 3.13. The van der Waals surface area contributed by atoms with E-state index in [0.29, 0.717) is 29.4 Å². The standard InChI is InChI=1S/C22H25ClN4O3/c1-4-14-11-16(21(23)19(12-14)30-3)13-20(28)27-10-9-18(26-27)15-5-7-17(8-6-15)25-22(29)24-2/h5-8,11-12H,4,9-10,13H2,1-3H3,(H2,24,25,29). The maximum atomic E-state index is 12.8. The highest BCUT2D eigenvalue weighted by molar-refractivity contribution is 6.33. The molecule has 1 aliphatic heterocycles. The lowest BCUT2D eigenvalue weighted by Crippen LogP contribution is -2.25. The molecule has 2 N–H and O–H groups in total. The zero-order valence-corrected chi connectivity index (χ0v) is 18.0. The Kier molecular flexibility index (Phi) is 6.95. The maximum absolute atomic E-state index is 12.8. The van der Waals surface area contributed by atoms with Crippen LogP contribution < -0.4 is 15.4 Å². The molecule has 0 aromatic heterocycles. The van der Waals surface area contributed by atoms with E-state index in [-0.39, 0.29) is 18.4 Å². The molecule has 158 valence electrons. The molecule has 1 heterocycles. The number of carbonyl (C=O) groups is 2. The van der Waals surface area contributed by atoms with Gasteiger partial charge in [0, 0.05) is 19.2 Å². The van der Waals surface area contributed by atoms with Gasteiger partial charge in [0.2, 0.25) is 5.91 Å². The van der Waals surface area contributed by atoms with E-state index in [4.69, 9.17) is 16.3 Å². The maximum Gasteiger partial charge on any atom is 0.318 e. The van der Waals surface area contributed by atoms with Gasteiger partial charge >= 0.3 is 6.03 Å². The van der Waals surface area contributed by atoms with Crippen molar-refractivity contribution >= 4 is 34.9 Å². The number of benzene rings is 2. The molecule has 0 fully saturated rings. The van der Waals surface area contributed by atoms with Crippen LogP contribution in [-0.2, 0) is 17.6 Å². The lowest BCUT2D eigenvalue weighted by atomic mass is 10.0. The first-order chi connectivity index (χ1) is 14.4. The van der Waals surface area contributed by atoms with Crippen LogP contribution in [0.4, 0.5) is 10.5 Å². The van der Waals surface area contributed by atoms with E-state index in [0.717, 1.165) is 28.8 Å². The number of anilines is 1. The van der Waals surface area contributed by atoms with Crippen molar-refractivity contribution in [1.29, 1.82) is 0 Å². The fraction of sp³-hybridized carbons (Fsp3) is 0.318. The molecular formula is C22H25ClN4O3. The van der Waals surface area contributed by atoms with Gasteiger partial charge in [0.25, 0.3) is 0 Å². The number of hydrazone groups is 1.